The van der Waals surface area contributed by atoms with Crippen LogP contribution in [0.15, 0.2) is 36.9 Å². The summed E-state index contributed by atoms with van der Waals surface area (Å²) in [6, 6.07) is 8.56. The summed E-state index contributed by atoms with van der Waals surface area (Å²) in [4.78, 5) is 13.3. The number of benzene rings is 1. The summed E-state index contributed by atoms with van der Waals surface area (Å²) in [5.41, 5.74) is 2.63. The molecule has 1 amide bonds. The minimum absolute atomic E-state index is 0.0511. The fraction of sp³-hybridized carbons (Fsp3) is 0.357. The minimum Gasteiger partial charge on any atom is -0.339 e. The van der Waals surface area contributed by atoms with Gasteiger partial charge in [0.1, 0.15) is 0 Å². The molecule has 1 saturated heterocycles. The van der Waals surface area contributed by atoms with Gasteiger partial charge in [0.05, 0.1) is 0 Å². The predicted molar refractivity (Wildman–Crippen MR) is 65.3 cm³/mol. The van der Waals surface area contributed by atoms with Gasteiger partial charge < -0.3 is 4.90 Å². The van der Waals surface area contributed by atoms with Gasteiger partial charge in [-0.25, -0.2) is 0 Å². The van der Waals surface area contributed by atoms with Gasteiger partial charge in [0.15, 0.2) is 0 Å². The molecule has 2 rings (SSSR count). The Labute approximate surface area is 96.6 Å². The van der Waals surface area contributed by atoms with Crippen molar-refractivity contribution in [2.24, 2.45) is 0 Å². The van der Waals surface area contributed by atoms with Crippen molar-refractivity contribution in [1.82, 2.24) is 4.90 Å². The Kier molecular flexibility index (Phi) is 3.09. The van der Waals surface area contributed by atoms with E-state index in [4.69, 9.17) is 0 Å². The Hall–Kier alpha value is -1.57. The van der Waals surface area contributed by atoms with Crippen molar-refractivity contribution < 1.29 is 4.79 Å². The highest BCUT2D eigenvalue weighted by molar-refractivity contribution is 5.87. The number of aryl methyl sites for hydroxylation is 1. The molecule has 84 valence electrons. The summed E-state index contributed by atoms with van der Waals surface area (Å²) in [5.74, 6) is 0.541. The lowest BCUT2D eigenvalue weighted by molar-refractivity contribution is -0.125. The molecule has 1 unspecified atom stereocenters. The van der Waals surface area contributed by atoms with Crippen molar-refractivity contribution >= 4 is 5.91 Å². The van der Waals surface area contributed by atoms with Crippen LogP contribution in [0.4, 0.5) is 0 Å². The zero-order valence-corrected chi connectivity index (χ0v) is 9.65. The molecule has 2 nitrogen and oxygen atoms in total. The van der Waals surface area contributed by atoms with E-state index in [2.05, 4.69) is 37.8 Å². The molecule has 1 fully saturated rings. The summed E-state index contributed by atoms with van der Waals surface area (Å²) in [6.07, 6.45) is 2.46. The van der Waals surface area contributed by atoms with Crippen LogP contribution in [0.25, 0.3) is 0 Å². The van der Waals surface area contributed by atoms with E-state index in [9.17, 15) is 4.79 Å². The number of nitrogens with zero attached hydrogens (tertiary/aromatic N) is 1. The lowest BCUT2D eigenvalue weighted by Gasteiger charge is -2.14. The molecule has 1 atom stereocenters. The maximum atomic E-state index is 11.5. The number of amides is 1. The van der Waals surface area contributed by atoms with Gasteiger partial charge in [-0.05, 0) is 25.0 Å². The predicted octanol–water partition coefficient (Wildman–Crippen LogP) is 2.50. The number of carbonyl (C=O) groups is 1. The van der Waals surface area contributed by atoms with Crippen LogP contribution in [-0.2, 0) is 4.79 Å². The van der Waals surface area contributed by atoms with E-state index < -0.39 is 0 Å². The second kappa shape index (κ2) is 4.52. The molecule has 0 bridgehead atoms. The first-order valence-electron chi connectivity index (χ1n) is 5.68. The fourth-order valence-electron chi connectivity index (χ4n) is 2.29. The molecule has 0 radical (unpaired) electrons. The molecule has 2 heteroatoms. The first-order chi connectivity index (χ1) is 7.70. The van der Waals surface area contributed by atoms with E-state index in [0.717, 1.165) is 19.5 Å². The van der Waals surface area contributed by atoms with Gasteiger partial charge in [0, 0.05) is 19.0 Å². The van der Waals surface area contributed by atoms with Gasteiger partial charge in [0.2, 0.25) is 5.91 Å². The van der Waals surface area contributed by atoms with Crippen LogP contribution in [0.3, 0.4) is 0 Å². The average Bonchev–Trinajstić information content (AvgIpc) is 2.77. The lowest BCUT2D eigenvalue weighted by atomic mass is 9.97. The van der Waals surface area contributed by atoms with Gasteiger partial charge in [-0.2, -0.15) is 0 Å². The molecule has 1 aliphatic rings. The highest BCUT2D eigenvalue weighted by Gasteiger charge is 2.25. The molecular formula is C14H17NO. The fourth-order valence-corrected chi connectivity index (χ4v) is 2.29. The summed E-state index contributed by atoms with van der Waals surface area (Å²) in [6.45, 7) is 7.31. The van der Waals surface area contributed by atoms with Crippen molar-refractivity contribution in [2.75, 3.05) is 13.1 Å². The second-order valence-corrected chi connectivity index (χ2v) is 4.39. The zero-order valence-electron chi connectivity index (χ0n) is 9.65. The molecule has 0 saturated carbocycles. The van der Waals surface area contributed by atoms with E-state index in [1.54, 1.807) is 0 Å². The largest absolute Gasteiger partial charge is 0.339 e. The number of carbonyl (C=O) groups excluding carboxylic acids is 1. The smallest absolute Gasteiger partial charge is 0.245 e. The Morgan fingerprint density at radius 3 is 3.06 bits per heavy atom. The number of hydrogen-bond donors (Lipinski definition) is 0. The highest BCUT2D eigenvalue weighted by atomic mass is 16.2. The third-order valence-electron chi connectivity index (χ3n) is 3.19. The van der Waals surface area contributed by atoms with Crippen LogP contribution in [0.5, 0.6) is 0 Å². The summed E-state index contributed by atoms with van der Waals surface area (Å²) in [7, 11) is 0. The van der Waals surface area contributed by atoms with Gasteiger partial charge in [0.25, 0.3) is 0 Å². The standard InChI is InChI=1S/C14H17NO/c1-3-14(16)15-8-7-13(10-15)12-6-4-5-11(2)9-12/h3-6,9,13H,1,7-8,10H2,2H3. The van der Waals surface area contributed by atoms with Crippen molar-refractivity contribution in [2.45, 2.75) is 19.3 Å². The molecule has 1 heterocycles. The highest BCUT2D eigenvalue weighted by Crippen LogP contribution is 2.27. The van der Waals surface area contributed by atoms with Crippen molar-refractivity contribution in [3.05, 3.63) is 48.0 Å². The molecule has 1 aromatic rings. The SMILES string of the molecule is C=CC(=O)N1CCC(c2cccc(C)c2)C1. The van der Waals surface area contributed by atoms with Gasteiger partial charge in [-0.1, -0.05) is 36.4 Å². The maximum Gasteiger partial charge on any atom is 0.245 e. The van der Waals surface area contributed by atoms with Crippen LogP contribution >= 0.6 is 0 Å². The topological polar surface area (TPSA) is 20.3 Å². The first kappa shape index (κ1) is 10.9. The van der Waals surface area contributed by atoms with Crippen molar-refractivity contribution in [3.63, 3.8) is 0 Å². The van der Waals surface area contributed by atoms with Crippen molar-refractivity contribution in [3.8, 4) is 0 Å². The molecule has 0 N–H and O–H groups in total. The summed E-state index contributed by atoms with van der Waals surface area (Å²) >= 11 is 0. The molecule has 1 aromatic carbocycles. The van der Waals surface area contributed by atoms with Crippen molar-refractivity contribution in [1.29, 1.82) is 0 Å². The maximum absolute atomic E-state index is 11.5. The van der Waals surface area contributed by atoms with Crippen LogP contribution in [0.1, 0.15) is 23.5 Å². The normalized spacial score (nSPS) is 19.8. The van der Waals surface area contributed by atoms with E-state index in [-0.39, 0.29) is 5.91 Å². The quantitative estimate of drug-likeness (QED) is 0.694. The summed E-state index contributed by atoms with van der Waals surface area (Å²) < 4.78 is 0. The Morgan fingerprint density at radius 2 is 2.38 bits per heavy atom. The third kappa shape index (κ3) is 2.16. The van der Waals surface area contributed by atoms with Crippen LogP contribution in [0.2, 0.25) is 0 Å². The summed E-state index contributed by atoms with van der Waals surface area (Å²) in [5, 5.41) is 0. The Bertz CT molecular complexity index is 411. The first-order valence-corrected chi connectivity index (χ1v) is 5.68. The Morgan fingerprint density at radius 1 is 1.56 bits per heavy atom. The second-order valence-electron chi connectivity index (χ2n) is 4.39. The molecular weight excluding hydrogens is 198 g/mol. The lowest BCUT2D eigenvalue weighted by Crippen LogP contribution is -2.26. The van der Waals surface area contributed by atoms with Crippen LogP contribution in [0, 0.1) is 6.92 Å². The van der Waals surface area contributed by atoms with Gasteiger partial charge in [-0.3, -0.25) is 4.79 Å². The average molecular weight is 215 g/mol. The molecule has 0 spiro atoms. The van der Waals surface area contributed by atoms with E-state index in [1.807, 2.05) is 4.90 Å². The monoisotopic (exact) mass is 215 g/mol. The molecule has 16 heavy (non-hydrogen) atoms. The minimum atomic E-state index is 0.0511. The zero-order chi connectivity index (χ0) is 11.5. The number of rotatable bonds is 2. The number of hydrogen-bond acceptors (Lipinski definition) is 1. The Balaban J connectivity index is 2.09. The van der Waals surface area contributed by atoms with E-state index >= 15 is 0 Å². The van der Waals surface area contributed by atoms with Crippen LogP contribution < -0.4 is 0 Å². The van der Waals surface area contributed by atoms with E-state index in [0.29, 0.717) is 5.92 Å². The number of likely N-dealkylation sites (tertiary alicyclic amines) is 1. The van der Waals surface area contributed by atoms with Crippen LogP contribution in [-0.4, -0.2) is 23.9 Å². The third-order valence-corrected chi connectivity index (χ3v) is 3.19. The molecule has 0 aliphatic carbocycles. The van der Waals surface area contributed by atoms with E-state index in [1.165, 1.54) is 17.2 Å². The molecule has 1 aliphatic heterocycles. The van der Waals surface area contributed by atoms with Gasteiger partial charge in [-0.15, -0.1) is 0 Å². The van der Waals surface area contributed by atoms with Gasteiger partial charge >= 0.3 is 0 Å². The molecule has 0 aromatic heterocycles.